The van der Waals surface area contributed by atoms with Crippen molar-refractivity contribution in [1.29, 1.82) is 0 Å². The molecular weight excluding hydrogens is 332 g/mol. The van der Waals surface area contributed by atoms with Crippen LogP contribution in [0.2, 0.25) is 0 Å². The lowest BCUT2D eigenvalue weighted by Gasteiger charge is -2.17. The largest absolute Gasteiger partial charge is 0.353 e. The second-order valence-corrected chi connectivity index (χ2v) is 8.18. The van der Waals surface area contributed by atoms with Crippen molar-refractivity contribution >= 4 is 17.7 Å². The molecule has 1 fully saturated rings. The van der Waals surface area contributed by atoms with Gasteiger partial charge >= 0.3 is 0 Å². The van der Waals surface area contributed by atoms with E-state index >= 15 is 0 Å². The number of amides is 1. The molecule has 0 saturated heterocycles. The Balaban J connectivity index is 1.47. The predicted octanol–water partition coefficient (Wildman–Crippen LogP) is 3.31. The van der Waals surface area contributed by atoms with Gasteiger partial charge in [0.1, 0.15) is 5.82 Å². The Kier molecular flexibility index (Phi) is 5.78. The summed E-state index contributed by atoms with van der Waals surface area (Å²) in [7, 11) is 1.99. The zero-order chi connectivity index (χ0) is 17.8. The Hall–Kier alpha value is -1.82. The number of aromatic nitrogens is 3. The highest BCUT2D eigenvalue weighted by Gasteiger charge is 2.30. The van der Waals surface area contributed by atoms with E-state index in [4.69, 9.17) is 0 Å². The predicted molar refractivity (Wildman–Crippen MR) is 101 cm³/mol. The number of hydrogen-bond acceptors (Lipinski definition) is 4. The Morgan fingerprint density at radius 1 is 1.28 bits per heavy atom. The zero-order valence-electron chi connectivity index (χ0n) is 15.1. The van der Waals surface area contributed by atoms with E-state index < -0.39 is 0 Å². The van der Waals surface area contributed by atoms with Crippen LogP contribution >= 0.6 is 11.8 Å². The van der Waals surface area contributed by atoms with E-state index in [2.05, 4.69) is 34.6 Å². The van der Waals surface area contributed by atoms with Crippen LogP contribution in [0.5, 0.6) is 0 Å². The lowest BCUT2D eigenvalue weighted by molar-refractivity contribution is -0.120. The molecule has 2 atom stereocenters. The third kappa shape index (κ3) is 4.84. The van der Waals surface area contributed by atoms with Gasteiger partial charge in [-0.3, -0.25) is 4.79 Å². The molecule has 1 saturated carbocycles. The Morgan fingerprint density at radius 3 is 2.68 bits per heavy atom. The number of hydrogen-bond donors (Lipinski definition) is 1. The first-order valence-electron chi connectivity index (χ1n) is 8.95. The van der Waals surface area contributed by atoms with E-state index in [0.717, 1.165) is 23.8 Å². The fourth-order valence-electron chi connectivity index (χ4n) is 2.80. The molecule has 25 heavy (non-hydrogen) atoms. The highest BCUT2D eigenvalue weighted by Crippen LogP contribution is 2.39. The molecule has 0 bridgehead atoms. The van der Waals surface area contributed by atoms with Crippen LogP contribution in [-0.4, -0.2) is 32.0 Å². The van der Waals surface area contributed by atoms with Gasteiger partial charge < -0.3 is 9.88 Å². The maximum Gasteiger partial charge on any atom is 0.233 e. The summed E-state index contributed by atoms with van der Waals surface area (Å²) in [4.78, 5) is 12.4. The van der Waals surface area contributed by atoms with Crippen molar-refractivity contribution in [3.8, 4) is 0 Å². The van der Waals surface area contributed by atoms with Crippen molar-refractivity contribution < 1.29 is 4.79 Å². The maximum atomic E-state index is 12.4. The summed E-state index contributed by atoms with van der Waals surface area (Å²) in [5, 5.41) is 12.3. The van der Waals surface area contributed by atoms with Crippen molar-refractivity contribution in [3.63, 3.8) is 0 Å². The van der Waals surface area contributed by atoms with E-state index in [-0.39, 0.29) is 17.2 Å². The molecule has 0 spiro atoms. The second-order valence-electron chi connectivity index (χ2n) is 6.87. The van der Waals surface area contributed by atoms with E-state index in [1.807, 2.05) is 36.7 Å². The third-order valence-electron chi connectivity index (χ3n) is 4.56. The van der Waals surface area contributed by atoms with Crippen molar-refractivity contribution in [1.82, 2.24) is 20.1 Å². The van der Waals surface area contributed by atoms with Crippen LogP contribution in [0.4, 0.5) is 0 Å². The molecule has 3 rings (SSSR count). The average molecular weight is 359 g/mol. The summed E-state index contributed by atoms with van der Waals surface area (Å²) in [6, 6.07) is 10.5. The fraction of sp³-hybridized carbons (Fsp3) is 0.526. The number of nitrogens with zero attached hydrogens (tertiary/aromatic N) is 3. The maximum absolute atomic E-state index is 12.4. The molecule has 0 radical (unpaired) electrons. The molecule has 6 heteroatoms. The van der Waals surface area contributed by atoms with Gasteiger partial charge in [0.05, 0.1) is 5.25 Å². The standard InChI is InChI=1S/C19H26N4OS/c1-13(9-10-15-7-5-4-6-8-15)20-18(24)14(2)25-19-22-21-17(23(19)3)16-11-12-16/h4-8,13-14,16H,9-12H2,1-3H3,(H,20,24)/t13-,14+/m1/s1. The molecule has 1 heterocycles. The van der Waals surface area contributed by atoms with Crippen LogP contribution in [0, 0.1) is 0 Å². The van der Waals surface area contributed by atoms with Gasteiger partial charge in [-0.1, -0.05) is 42.1 Å². The highest BCUT2D eigenvalue weighted by molar-refractivity contribution is 8.00. The van der Waals surface area contributed by atoms with Gasteiger partial charge in [0.25, 0.3) is 0 Å². The van der Waals surface area contributed by atoms with Crippen LogP contribution in [0.3, 0.4) is 0 Å². The van der Waals surface area contributed by atoms with Crippen LogP contribution in [-0.2, 0) is 18.3 Å². The number of benzene rings is 1. The minimum atomic E-state index is -0.186. The molecule has 5 nitrogen and oxygen atoms in total. The Morgan fingerprint density at radius 2 is 2.00 bits per heavy atom. The van der Waals surface area contributed by atoms with Gasteiger partial charge in [-0.15, -0.1) is 10.2 Å². The van der Waals surface area contributed by atoms with E-state index in [0.29, 0.717) is 5.92 Å². The quantitative estimate of drug-likeness (QED) is 0.736. The number of nitrogens with one attached hydrogen (secondary N) is 1. The molecule has 2 aromatic rings. The average Bonchev–Trinajstić information content (AvgIpc) is 3.39. The monoisotopic (exact) mass is 358 g/mol. The number of thioether (sulfide) groups is 1. The van der Waals surface area contributed by atoms with Crippen LogP contribution in [0.25, 0.3) is 0 Å². The van der Waals surface area contributed by atoms with Gasteiger partial charge in [-0.25, -0.2) is 0 Å². The van der Waals surface area contributed by atoms with Gasteiger partial charge in [-0.05, 0) is 45.1 Å². The minimum Gasteiger partial charge on any atom is -0.353 e. The van der Waals surface area contributed by atoms with E-state index in [1.165, 1.54) is 30.2 Å². The number of carbonyl (C=O) groups excluding carboxylic acids is 1. The summed E-state index contributed by atoms with van der Waals surface area (Å²) in [5.41, 5.74) is 1.30. The second kappa shape index (κ2) is 8.04. The summed E-state index contributed by atoms with van der Waals surface area (Å²) in [6.45, 7) is 3.99. The van der Waals surface area contributed by atoms with Crippen LogP contribution < -0.4 is 5.32 Å². The molecule has 1 N–H and O–H groups in total. The Labute approximate surface area is 153 Å². The highest BCUT2D eigenvalue weighted by atomic mass is 32.2. The summed E-state index contributed by atoms with van der Waals surface area (Å²) in [6.07, 6.45) is 4.30. The third-order valence-corrected chi connectivity index (χ3v) is 5.69. The molecule has 1 aliphatic carbocycles. The summed E-state index contributed by atoms with van der Waals surface area (Å²) < 4.78 is 2.03. The van der Waals surface area contributed by atoms with Crippen LogP contribution in [0.15, 0.2) is 35.5 Å². The smallest absolute Gasteiger partial charge is 0.233 e. The molecule has 1 aromatic carbocycles. The van der Waals surface area contributed by atoms with Gasteiger partial charge in [0, 0.05) is 19.0 Å². The van der Waals surface area contributed by atoms with E-state index in [1.54, 1.807) is 0 Å². The van der Waals surface area contributed by atoms with Gasteiger partial charge in [-0.2, -0.15) is 0 Å². The summed E-state index contributed by atoms with van der Waals surface area (Å²) >= 11 is 1.48. The zero-order valence-corrected chi connectivity index (χ0v) is 15.9. The molecule has 0 aliphatic heterocycles. The van der Waals surface area contributed by atoms with Crippen molar-refractivity contribution in [2.24, 2.45) is 7.05 Å². The summed E-state index contributed by atoms with van der Waals surface area (Å²) in [5.74, 6) is 1.67. The number of rotatable bonds is 8. The molecule has 134 valence electrons. The lowest BCUT2D eigenvalue weighted by atomic mass is 10.1. The van der Waals surface area contributed by atoms with Crippen molar-refractivity contribution in [2.45, 2.75) is 61.9 Å². The topological polar surface area (TPSA) is 59.8 Å². The van der Waals surface area contributed by atoms with Gasteiger partial charge in [0.15, 0.2) is 5.16 Å². The normalized spacial score (nSPS) is 16.4. The van der Waals surface area contributed by atoms with E-state index in [9.17, 15) is 4.79 Å². The van der Waals surface area contributed by atoms with Crippen molar-refractivity contribution in [2.75, 3.05) is 0 Å². The SMILES string of the molecule is C[C@H](CCc1ccccc1)NC(=O)[C@H](C)Sc1nnc(C2CC2)n1C. The Bertz CT molecular complexity index is 711. The van der Waals surface area contributed by atoms with Crippen molar-refractivity contribution in [3.05, 3.63) is 41.7 Å². The molecular formula is C19H26N4OS. The molecule has 1 amide bonds. The molecule has 0 unspecified atom stereocenters. The first-order chi connectivity index (χ1) is 12.0. The van der Waals surface area contributed by atoms with Gasteiger partial charge in [0.2, 0.25) is 5.91 Å². The number of carbonyl (C=O) groups is 1. The van der Waals surface area contributed by atoms with Crippen LogP contribution in [0.1, 0.15) is 50.4 Å². The lowest BCUT2D eigenvalue weighted by Crippen LogP contribution is -2.38. The number of aryl methyl sites for hydroxylation is 1. The molecule has 1 aliphatic rings. The minimum absolute atomic E-state index is 0.0570. The molecule has 1 aromatic heterocycles. The first-order valence-corrected chi connectivity index (χ1v) is 9.82. The fourth-order valence-corrected chi connectivity index (χ4v) is 3.63. The first kappa shape index (κ1) is 18.0.